The van der Waals surface area contributed by atoms with Crippen molar-refractivity contribution in [3.05, 3.63) is 180 Å². The largest absolute Gasteiger partial charge is 0.507 e. The molecule has 4 nitrogen and oxygen atoms in total. The number of phenolic OH excluding ortho intramolecular Hbond substituents is 1. The van der Waals surface area contributed by atoms with E-state index >= 15 is 0 Å². The van der Waals surface area contributed by atoms with Crippen LogP contribution in [0, 0.1) is 6.07 Å². The van der Waals surface area contributed by atoms with E-state index in [0.29, 0.717) is 0 Å². The van der Waals surface area contributed by atoms with Gasteiger partial charge in [-0.25, -0.2) is 4.98 Å². The van der Waals surface area contributed by atoms with Crippen LogP contribution in [0.2, 0.25) is 0 Å². The van der Waals surface area contributed by atoms with Crippen molar-refractivity contribution in [3.63, 3.8) is 0 Å². The van der Waals surface area contributed by atoms with Gasteiger partial charge in [-0.05, 0) is 75.1 Å². The van der Waals surface area contributed by atoms with Crippen LogP contribution in [0.1, 0.15) is 22.3 Å². The van der Waals surface area contributed by atoms with E-state index in [1.807, 2.05) is 60.7 Å². The molecule has 5 heteroatoms. The minimum atomic E-state index is -0.579. The number of pyridine rings is 2. The molecular weight excluding hydrogens is 746 g/mol. The van der Waals surface area contributed by atoms with Crippen molar-refractivity contribution in [2.45, 2.75) is 5.41 Å². The normalized spacial score (nSPS) is 12.9. The zero-order valence-electron chi connectivity index (χ0n) is 24.5. The summed E-state index contributed by atoms with van der Waals surface area (Å²) in [7, 11) is 0. The average Bonchev–Trinajstić information content (AvgIpc) is 3.57. The summed E-state index contributed by atoms with van der Waals surface area (Å²) in [4.78, 5) is 12.1. The van der Waals surface area contributed by atoms with Crippen molar-refractivity contribution in [2.75, 3.05) is 4.90 Å². The first kappa shape index (κ1) is 28.2. The van der Waals surface area contributed by atoms with Gasteiger partial charge in [0.1, 0.15) is 11.6 Å². The number of phenols is 1. The van der Waals surface area contributed by atoms with Gasteiger partial charge in [-0.3, -0.25) is 0 Å². The summed E-state index contributed by atoms with van der Waals surface area (Å²) in [5, 5.41) is 11.5. The summed E-state index contributed by atoms with van der Waals surface area (Å²) >= 11 is 0. The van der Waals surface area contributed by atoms with Crippen molar-refractivity contribution in [3.8, 4) is 39.4 Å². The Morgan fingerprint density at radius 1 is 0.587 bits per heavy atom. The van der Waals surface area contributed by atoms with E-state index in [9.17, 15) is 5.11 Å². The van der Waals surface area contributed by atoms with E-state index in [1.54, 1.807) is 12.3 Å². The predicted octanol–water partition coefficient (Wildman–Crippen LogP) is 9.46. The molecule has 2 aliphatic carbocycles. The van der Waals surface area contributed by atoms with Crippen LogP contribution in [0.5, 0.6) is 5.75 Å². The number of nitrogens with zero attached hydrogens (tertiary/aromatic N) is 3. The van der Waals surface area contributed by atoms with Crippen molar-refractivity contribution in [1.29, 1.82) is 0 Å². The van der Waals surface area contributed by atoms with E-state index in [0.717, 1.165) is 50.8 Å². The quantitative estimate of drug-likeness (QED) is 0.181. The molecule has 7 aromatic rings. The summed E-state index contributed by atoms with van der Waals surface area (Å²) in [6.07, 6.45) is 1.80. The van der Waals surface area contributed by atoms with Crippen LogP contribution in [0.3, 0.4) is 0 Å². The predicted molar refractivity (Wildman–Crippen MR) is 179 cm³/mol. The SMILES string of the molecule is Oc1cccc2c1-c1nc(N(c3[c-]c(-c4ccccn4)ccc3)c3ccccc3)ccc1C21c2ccccc2-c2ccccc21.[Pt]. The molecule has 2 aliphatic rings. The number of anilines is 3. The van der Waals surface area contributed by atoms with E-state index in [-0.39, 0.29) is 26.8 Å². The third-order valence-corrected chi connectivity index (χ3v) is 9.13. The topological polar surface area (TPSA) is 49.3 Å². The molecule has 0 amide bonds. The molecule has 1 spiro atoms. The Bertz CT molecular complexity index is 2210. The van der Waals surface area contributed by atoms with Gasteiger partial charge in [0.2, 0.25) is 0 Å². The first-order chi connectivity index (χ1) is 22.2. The van der Waals surface area contributed by atoms with Crippen LogP contribution >= 0.6 is 0 Å². The molecule has 2 heterocycles. The van der Waals surface area contributed by atoms with Crippen molar-refractivity contribution in [1.82, 2.24) is 9.97 Å². The fourth-order valence-corrected chi connectivity index (χ4v) is 7.36. The van der Waals surface area contributed by atoms with Gasteiger partial charge in [0, 0.05) is 38.5 Å². The third kappa shape index (κ3) is 3.97. The molecule has 0 bridgehead atoms. The maximum Gasteiger partial charge on any atom is 0.136 e. The molecule has 0 radical (unpaired) electrons. The van der Waals surface area contributed by atoms with E-state index in [4.69, 9.17) is 4.98 Å². The van der Waals surface area contributed by atoms with Crippen LogP contribution in [-0.2, 0) is 26.5 Å². The number of aromatic nitrogens is 2. The second kappa shape index (κ2) is 10.9. The Labute approximate surface area is 282 Å². The summed E-state index contributed by atoms with van der Waals surface area (Å²) in [5.41, 5.74) is 11.5. The number of aromatic hydroxyl groups is 1. The van der Waals surface area contributed by atoms with Gasteiger partial charge in [-0.1, -0.05) is 97.1 Å². The number of para-hydroxylation sites is 1. The van der Waals surface area contributed by atoms with Gasteiger partial charge >= 0.3 is 0 Å². The van der Waals surface area contributed by atoms with Crippen LogP contribution in [0.15, 0.2) is 152 Å². The molecule has 0 unspecified atom stereocenters. The van der Waals surface area contributed by atoms with Crippen molar-refractivity contribution < 1.29 is 26.2 Å². The Balaban J connectivity index is 0.00000312. The van der Waals surface area contributed by atoms with Gasteiger partial charge in [0.05, 0.1) is 11.1 Å². The van der Waals surface area contributed by atoms with Gasteiger partial charge in [0.15, 0.2) is 0 Å². The molecular formula is C41H26N3OPt-. The fraction of sp³-hybridized carbons (Fsp3) is 0.0244. The summed E-state index contributed by atoms with van der Waals surface area (Å²) in [5.74, 6) is 0.965. The van der Waals surface area contributed by atoms with E-state index in [1.165, 1.54) is 22.3 Å². The zero-order chi connectivity index (χ0) is 30.0. The maximum atomic E-state index is 11.5. The molecule has 46 heavy (non-hydrogen) atoms. The Morgan fingerprint density at radius 2 is 1.26 bits per heavy atom. The number of benzene rings is 5. The summed E-state index contributed by atoms with van der Waals surface area (Å²) in [6.45, 7) is 0. The number of hydrogen-bond donors (Lipinski definition) is 1. The molecule has 0 aliphatic heterocycles. The molecule has 5 aromatic carbocycles. The summed E-state index contributed by atoms with van der Waals surface area (Å²) < 4.78 is 0. The van der Waals surface area contributed by atoms with Gasteiger partial charge in [-0.15, -0.1) is 29.8 Å². The van der Waals surface area contributed by atoms with Crippen molar-refractivity contribution >= 4 is 17.2 Å². The second-order valence-electron chi connectivity index (χ2n) is 11.4. The first-order valence-electron chi connectivity index (χ1n) is 15.1. The smallest absolute Gasteiger partial charge is 0.136 e. The fourth-order valence-electron chi connectivity index (χ4n) is 7.36. The molecule has 1 N–H and O–H groups in total. The van der Waals surface area contributed by atoms with E-state index in [2.05, 4.69) is 94.8 Å². The maximum absolute atomic E-state index is 11.5. The van der Waals surface area contributed by atoms with Gasteiger partial charge < -0.3 is 15.0 Å². The number of fused-ring (bicyclic) bond motifs is 10. The Hall–Kier alpha value is -5.31. The van der Waals surface area contributed by atoms with Gasteiger partial charge in [-0.2, -0.15) is 0 Å². The first-order valence-corrected chi connectivity index (χ1v) is 15.1. The molecule has 0 saturated carbocycles. The second-order valence-corrected chi connectivity index (χ2v) is 11.4. The monoisotopic (exact) mass is 771 g/mol. The zero-order valence-corrected chi connectivity index (χ0v) is 26.8. The summed E-state index contributed by atoms with van der Waals surface area (Å²) in [6, 6.07) is 53.2. The van der Waals surface area contributed by atoms with Crippen LogP contribution < -0.4 is 4.90 Å². The van der Waals surface area contributed by atoms with Crippen LogP contribution in [-0.4, -0.2) is 15.1 Å². The molecule has 0 saturated heterocycles. The minimum absolute atomic E-state index is 0. The standard InChI is InChI=1S/C41H26N3O.Pt/c45-37-22-11-20-34-39(37)40-35(41(34)32-18-6-4-16-30(32)31-17-5-7-19-33(31)41)23-24-38(43-40)44(28-13-2-1-3-14-28)29-15-10-12-27(26-29)36-21-8-9-25-42-36;/h1-25,45H;/q-1;. The molecule has 0 atom stereocenters. The molecule has 9 rings (SSSR count). The van der Waals surface area contributed by atoms with E-state index < -0.39 is 5.41 Å². The third-order valence-electron chi connectivity index (χ3n) is 9.13. The molecule has 0 fully saturated rings. The minimum Gasteiger partial charge on any atom is -0.507 e. The average molecular weight is 772 g/mol. The van der Waals surface area contributed by atoms with Crippen molar-refractivity contribution in [2.24, 2.45) is 0 Å². The number of hydrogen-bond acceptors (Lipinski definition) is 4. The molecule has 2 aromatic heterocycles. The van der Waals surface area contributed by atoms with Crippen LogP contribution in [0.25, 0.3) is 33.6 Å². The van der Waals surface area contributed by atoms with Crippen LogP contribution in [0.4, 0.5) is 17.2 Å². The number of rotatable bonds is 4. The molecule has 222 valence electrons. The van der Waals surface area contributed by atoms with Gasteiger partial charge in [0.25, 0.3) is 0 Å². The Kier molecular flexibility index (Phi) is 6.70. The Morgan fingerprint density at radius 3 is 2.00 bits per heavy atom.